The summed E-state index contributed by atoms with van der Waals surface area (Å²) >= 11 is 6.40. The lowest BCUT2D eigenvalue weighted by Crippen LogP contribution is -2.24. The lowest BCUT2D eigenvalue weighted by molar-refractivity contribution is 0.704. The minimum atomic E-state index is -0.800. The number of nitriles is 1. The first-order chi connectivity index (χ1) is 13.7. The van der Waals surface area contributed by atoms with Gasteiger partial charge in [0.2, 0.25) is 0 Å². The van der Waals surface area contributed by atoms with E-state index in [0.29, 0.717) is 23.6 Å². The van der Waals surface area contributed by atoms with Crippen molar-refractivity contribution in [3.63, 3.8) is 0 Å². The molecule has 0 bridgehead atoms. The van der Waals surface area contributed by atoms with Crippen LogP contribution in [0.25, 0.3) is 16.7 Å². The van der Waals surface area contributed by atoms with Crippen LogP contribution in [0.2, 0.25) is 5.02 Å². The van der Waals surface area contributed by atoms with Gasteiger partial charge in [0.25, 0.3) is 5.56 Å². The van der Waals surface area contributed by atoms with Crippen molar-refractivity contribution < 1.29 is 0 Å². The molecule has 0 fully saturated rings. The number of hydrogen-bond acceptors (Lipinski definition) is 4. The molecular formula is C21H16ClN5O. The van der Waals surface area contributed by atoms with E-state index in [0.717, 1.165) is 11.0 Å². The van der Waals surface area contributed by atoms with Gasteiger partial charge < -0.3 is 4.57 Å². The fraction of sp³-hybridized carbons (Fsp3) is 0.143. The zero-order valence-electron chi connectivity index (χ0n) is 15.1. The van der Waals surface area contributed by atoms with Gasteiger partial charge in [0.15, 0.2) is 0 Å². The van der Waals surface area contributed by atoms with Gasteiger partial charge in [-0.25, -0.2) is 4.98 Å². The first-order valence-corrected chi connectivity index (χ1v) is 9.21. The van der Waals surface area contributed by atoms with E-state index in [1.807, 2.05) is 54.0 Å². The molecule has 28 heavy (non-hydrogen) atoms. The van der Waals surface area contributed by atoms with E-state index in [9.17, 15) is 10.1 Å². The molecule has 4 rings (SSSR count). The zero-order valence-corrected chi connectivity index (χ0v) is 15.8. The van der Waals surface area contributed by atoms with Crippen molar-refractivity contribution in [1.82, 2.24) is 19.3 Å². The summed E-state index contributed by atoms with van der Waals surface area (Å²) < 4.78 is 3.19. The minimum Gasteiger partial charge on any atom is -0.327 e. The number of imidazole rings is 1. The highest BCUT2D eigenvalue weighted by atomic mass is 35.5. The van der Waals surface area contributed by atoms with Crippen LogP contribution in [0.4, 0.5) is 0 Å². The molecule has 0 radical (unpaired) electrons. The van der Waals surface area contributed by atoms with E-state index in [2.05, 4.69) is 16.2 Å². The van der Waals surface area contributed by atoms with Gasteiger partial charge in [0.05, 0.1) is 29.0 Å². The third kappa shape index (κ3) is 2.86. The molecule has 0 N–H and O–H groups in total. The topological polar surface area (TPSA) is 76.5 Å². The zero-order chi connectivity index (χ0) is 19.7. The Balaban J connectivity index is 1.88. The van der Waals surface area contributed by atoms with Crippen molar-refractivity contribution in [3.05, 3.63) is 87.6 Å². The lowest BCUT2D eigenvalue weighted by atomic mass is 10.0. The van der Waals surface area contributed by atoms with Crippen LogP contribution in [0.3, 0.4) is 0 Å². The number of para-hydroxylation sites is 3. The maximum absolute atomic E-state index is 12.8. The molecule has 4 aromatic rings. The van der Waals surface area contributed by atoms with Crippen LogP contribution in [0.5, 0.6) is 0 Å². The second kappa shape index (κ2) is 7.29. The fourth-order valence-electron chi connectivity index (χ4n) is 3.31. The summed E-state index contributed by atoms with van der Waals surface area (Å²) in [7, 11) is 0. The van der Waals surface area contributed by atoms with E-state index in [1.165, 1.54) is 10.9 Å². The molecule has 1 unspecified atom stereocenters. The molecule has 0 saturated carbocycles. The summed E-state index contributed by atoms with van der Waals surface area (Å²) in [6.07, 6.45) is 1.48. The van der Waals surface area contributed by atoms with Crippen LogP contribution in [0, 0.1) is 11.3 Å². The SMILES string of the molecule is CCn1c(C(C#N)c2cnn(-c3ccccc3)c(=O)c2Cl)nc2ccccc21. The van der Waals surface area contributed by atoms with Crippen molar-refractivity contribution in [1.29, 1.82) is 5.26 Å². The Hall–Kier alpha value is -3.43. The predicted molar refractivity (Wildman–Crippen MR) is 108 cm³/mol. The monoisotopic (exact) mass is 389 g/mol. The van der Waals surface area contributed by atoms with Crippen LogP contribution in [-0.2, 0) is 6.54 Å². The average molecular weight is 390 g/mol. The highest BCUT2D eigenvalue weighted by Crippen LogP contribution is 2.30. The number of aryl methyl sites for hydroxylation is 1. The van der Waals surface area contributed by atoms with Crippen LogP contribution < -0.4 is 5.56 Å². The van der Waals surface area contributed by atoms with Gasteiger partial charge in [-0.1, -0.05) is 41.9 Å². The van der Waals surface area contributed by atoms with E-state index < -0.39 is 11.5 Å². The van der Waals surface area contributed by atoms with Crippen LogP contribution in [-0.4, -0.2) is 19.3 Å². The lowest BCUT2D eigenvalue weighted by Gasteiger charge is -2.14. The minimum absolute atomic E-state index is 0.0277. The molecule has 2 aromatic carbocycles. The number of aromatic nitrogens is 4. The molecule has 0 aliphatic rings. The van der Waals surface area contributed by atoms with Gasteiger partial charge in [-0.2, -0.15) is 15.0 Å². The Bertz CT molecular complexity index is 1250. The third-order valence-electron chi connectivity index (χ3n) is 4.65. The largest absolute Gasteiger partial charge is 0.327 e. The molecule has 0 spiro atoms. The maximum atomic E-state index is 12.8. The van der Waals surface area contributed by atoms with Crippen molar-refractivity contribution in [2.45, 2.75) is 19.4 Å². The van der Waals surface area contributed by atoms with Crippen LogP contribution in [0.15, 0.2) is 65.6 Å². The molecule has 0 aliphatic heterocycles. The Morgan fingerprint density at radius 1 is 1.14 bits per heavy atom. The quantitative estimate of drug-likeness (QED) is 0.530. The van der Waals surface area contributed by atoms with E-state index in [1.54, 1.807) is 12.1 Å². The maximum Gasteiger partial charge on any atom is 0.290 e. The van der Waals surface area contributed by atoms with Gasteiger partial charge >= 0.3 is 0 Å². The first-order valence-electron chi connectivity index (χ1n) is 8.83. The number of hydrogen-bond donors (Lipinski definition) is 0. The number of halogens is 1. The third-order valence-corrected chi connectivity index (χ3v) is 5.03. The fourth-order valence-corrected chi connectivity index (χ4v) is 3.55. The summed E-state index contributed by atoms with van der Waals surface area (Å²) in [6.45, 7) is 2.62. The van der Waals surface area contributed by atoms with E-state index >= 15 is 0 Å². The number of fused-ring (bicyclic) bond motifs is 1. The second-order valence-corrected chi connectivity index (χ2v) is 6.61. The Morgan fingerprint density at radius 2 is 1.86 bits per heavy atom. The predicted octanol–water partition coefficient (Wildman–Crippen LogP) is 3.91. The molecular weight excluding hydrogens is 374 g/mol. The van der Waals surface area contributed by atoms with Crippen molar-refractivity contribution in [2.75, 3.05) is 0 Å². The molecule has 7 heteroatoms. The number of rotatable bonds is 4. The van der Waals surface area contributed by atoms with Gasteiger partial charge in [-0.05, 0) is 31.2 Å². The normalized spacial score (nSPS) is 12.0. The Morgan fingerprint density at radius 3 is 2.57 bits per heavy atom. The van der Waals surface area contributed by atoms with Crippen molar-refractivity contribution >= 4 is 22.6 Å². The van der Waals surface area contributed by atoms with Crippen LogP contribution in [0.1, 0.15) is 24.2 Å². The van der Waals surface area contributed by atoms with E-state index in [4.69, 9.17) is 11.6 Å². The number of benzene rings is 2. The highest BCUT2D eigenvalue weighted by Gasteiger charge is 2.26. The van der Waals surface area contributed by atoms with Gasteiger partial charge in [-0.3, -0.25) is 4.79 Å². The summed E-state index contributed by atoms with van der Waals surface area (Å²) in [5.74, 6) is -0.253. The Kier molecular flexibility index (Phi) is 4.68. The average Bonchev–Trinajstić information content (AvgIpc) is 3.10. The molecule has 2 aromatic heterocycles. The summed E-state index contributed by atoms with van der Waals surface area (Å²) in [6, 6.07) is 18.9. The van der Waals surface area contributed by atoms with E-state index in [-0.39, 0.29) is 5.02 Å². The standard InChI is InChI=1S/C21H16ClN5O/c1-2-26-18-11-7-6-10-17(18)25-20(26)15(12-23)16-13-24-27(21(28)19(16)22)14-8-4-3-5-9-14/h3-11,13,15H,2H2,1H3. The van der Waals surface area contributed by atoms with Crippen LogP contribution >= 0.6 is 11.6 Å². The smallest absolute Gasteiger partial charge is 0.290 e. The Labute approximate surface area is 166 Å². The molecule has 0 saturated heterocycles. The molecule has 6 nitrogen and oxygen atoms in total. The van der Waals surface area contributed by atoms with Crippen molar-refractivity contribution in [2.24, 2.45) is 0 Å². The first kappa shape index (κ1) is 18.0. The molecule has 0 aliphatic carbocycles. The summed E-state index contributed by atoms with van der Waals surface area (Å²) in [4.78, 5) is 17.4. The van der Waals surface area contributed by atoms with Gasteiger partial charge in [0, 0.05) is 12.1 Å². The summed E-state index contributed by atoms with van der Waals surface area (Å²) in [5, 5.41) is 14.1. The van der Waals surface area contributed by atoms with Crippen molar-refractivity contribution in [3.8, 4) is 11.8 Å². The highest BCUT2D eigenvalue weighted by molar-refractivity contribution is 6.31. The van der Waals surface area contributed by atoms with Gasteiger partial charge in [-0.15, -0.1) is 0 Å². The molecule has 1 atom stereocenters. The second-order valence-electron chi connectivity index (χ2n) is 6.23. The molecule has 0 amide bonds. The summed E-state index contributed by atoms with van der Waals surface area (Å²) in [5.41, 5.74) is 2.22. The molecule has 138 valence electrons. The van der Waals surface area contributed by atoms with Gasteiger partial charge in [0.1, 0.15) is 16.8 Å². The molecule has 2 heterocycles. The number of nitrogens with zero attached hydrogens (tertiary/aromatic N) is 5.